The molecule has 0 aliphatic carbocycles. The molecule has 0 saturated carbocycles. The maximum absolute atomic E-state index is 12.5. The van der Waals surface area contributed by atoms with Gasteiger partial charge >= 0.3 is 11.8 Å². The van der Waals surface area contributed by atoms with Gasteiger partial charge in [0.05, 0.1) is 29.0 Å². The van der Waals surface area contributed by atoms with Gasteiger partial charge in [-0.2, -0.15) is 5.10 Å². The van der Waals surface area contributed by atoms with Crippen molar-refractivity contribution in [2.45, 2.75) is 37.4 Å². The van der Waals surface area contributed by atoms with Gasteiger partial charge in [-0.15, -0.1) is 0 Å². The van der Waals surface area contributed by atoms with Crippen molar-refractivity contribution < 1.29 is 22.7 Å². The topological polar surface area (TPSA) is 119 Å². The Balaban J connectivity index is 1.58. The second-order valence-corrected chi connectivity index (χ2v) is 9.42. The number of fused-ring (bicyclic) bond motifs is 1. The van der Waals surface area contributed by atoms with Gasteiger partial charge in [0, 0.05) is 18.7 Å². The van der Waals surface area contributed by atoms with E-state index in [1.165, 1.54) is 4.68 Å². The van der Waals surface area contributed by atoms with Crippen LogP contribution in [0.3, 0.4) is 0 Å². The summed E-state index contributed by atoms with van der Waals surface area (Å²) in [6.07, 6.45) is 1.69. The van der Waals surface area contributed by atoms with Crippen LogP contribution in [0.2, 0.25) is 0 Å². The number of hydrogen-bond donors (Lipinski definition) is 2. The van der Waals surface area contributed by atoms with Crippen LogP contribution in [-0.4, -0.2) is 49.3 Å². The summed E-state index contributed by atoms with van der Waals surface area (Å²) < 4.78 is 31.0. The van der Waals surface area contributed by atoms with Gasteiger partial charge in [0.15, 0.2) is 9.84 Å². The summed E-state index contributed by atoms with van der Waals surface area (Å²) in [6, 6.07) is 7.43. The zero-order chi connectivity index (χ0) is 20.6. The molecule has 1 saturated heterocycles. The number of amides is 2. The molecule has 2 N–H and O–H groups in total. The number of rotatable bonds is 4. The summed E-state index contributed by atoms with van der Waals surface area (Å²) >= 11 is 0. The van der Waals surface area contributed by atoms with Gasteiger partial charge in [-0.05, 0) is 37.5 Å². The number of aromatic nitrogens is 2. The molecule has 1 aromatic heterocycles. The first-order valence-electron chi connectivity index (χ1n) is 9.41. The van der Waals surface area contributed by atoms with E-state index in [1.54, 1.807) is 6.07 Å². The smallest absolute Gasteiger partial charge is 0.314 e. The minimum Gasteiger partial charge on any atom is -0.376 e. The van der Waals surface area contributed by atoms with E-state index in [9.17, 15) is 18.0 Å². The fourth-order valence-corrected chi connectivity index (χ4v) is 5.07. The summed E-state index contributed by atoms with van der Waals surface area (Å²) in [5, 5.41) is 9.52. The molecule has 2 aliphatic heterocycles. The lowest BCUT2D eigenvalue weighted by Crippen LogP contribution is -2.39. The summed E-state index contributed by atoms with van der Waals surface area (Å²) in [4.78, 5) is 24.7. The Morgan fingerprint density at radius 3 is 2.83 bits per heavy atom. The van der Waals surface area contributed by atoms with Gasteiger partial charge in [-0.25, -0.2) is 13.1 Å². The maximum Gasteiger partial charge on any atom is 0.314 e. The lowest BCUT2D eigenvalue weighted by atomic mass is 10.2. The van der Waals surface area contributed by atoms with Gasteiger partial charge in [-0.1, -0.05) is 12.1 Å². The number of nitrogens with one attached hydrogen (secondary N) is 2. The lowest BCUT2D eigenvalue weighted by Gasteiger charge is -2.13. The largest absolute Gasteiger partial charge is 0.376 e. The number of benzene rings is 1. The van der Waals surface area contributed by atoms with E-state index in [4.69, 9.17) is 4.74 Å². The average molecular weight is 418 g/mol. The molecule has 0 spiro atoms. The van der Waals surface area contributed by atoms with Gasteiger partial charge in [-0.3, -0.25) is 9.59 Å². The summed E-state index contributed by atoms with van der Waals surface area (Å²) in [6.45, 7) is 2.83. The van der Waals surface area contributed by atoms with Crippen LogP contribution in [0.25, 0.3) is 5.69 Å². The second kappa shape index (κ2) is 7.60. The van der Waals surface area contributed by atoms with Gasteiger partial charge in [0.1, 0.15) is 5.82 Å². The van der Waals surface area contributed by atoms with Crippen molar-refractivity contribution in [2.75, 3.05) is 18.5 Å². The van der Waals surface area contributed by atoms with Crippen LogP contribution in [0.5, 0.6) is 0 Å². The van der Waals surface area contributed by atoms with Crippen LogP contribution >= 0.6 is 0 Å². The molecule has 4 rings (SSSR count). The third kappa shape index (κ3) is 4.18. The lowest BCUT2D eigenvalue weighted by molar-refractivity contribution is -0.136. The van der Waals surface area contributed by atoms with Crippen LogP contribution in [0.1, 0.15) is 29.7 Å². The number of carbonyl (C=O) groups is 2. The molecule has 2 aliphatic rings. The quantitative estimate of drug-likeness (QED) is 0.710. The number of anilines is 1. The standard InChI is InChI=1S/C19H22N4O5S/c1-12-4-2-5-13(8-12)23-17(15-10-29(26,27)11-16(15)22-23)21-19(25)18(24)20-9-14-6-3-7-28-14/h2,4-5,8,14H,3,6-7,9-11H2,1H3,(H,20,24)(H,21,25)/t14-/m1/s1. The first kappa shape index (κ1) is 19.6. The van der Waals surface area contributed by atoms with Gasteiger partial charge < -0.3 is 15.4 Å². The summed E-state index contributed by atoms with van der Waals surface area (Å²) in [7, 11) is -3.31. The van der Waals surface area contributed by atoms with Crippen LogP contribution < -0.4 is 10.6 Å². The molecule has 1 fully saturated rings. The zero-order valence-corrected chi connectivity index (χ0v) is 16.8. The number of ether oxygens (including phenoxy) is 1. The minimum absolute atomic E-state index is 0.0843. The Morgan fingerprint density at radius 2 is 2.10 bits per heavy atom. The van der Waals surface area contributed by atoms with Gasteiger partial charge in [0.2, 0.25) is 0 Å². The Kier molecular flexibility index (Phi) is 5.13. The minimum atomic E-state index is -3.31. The van der Waals surface area contributed by atoms with Crippen molar-refractivity contribution in [2.24, 2.45) is 0 Å². The number of sulfone groups is 1. The molecule has 1 atom stereocenters. The molecule has 10 heteroatoms. The normalized spacial score (nSPS) is 19.7. The Morgan fingerprint density at radius 1 is 1.28 bits per heavy atom. The number of carbonyl (C=O) groups excluding carboxylic acids is 2. The number of hydrogen-bond acceptors (Lipinski definition) is 6. The Bertz CT molecular complexity index is 1070. The molecule has 2 aromatic rings. The Labute approximate surface area is 168 Å². The van der Waals surface area contributed by atoms with Crippen molar-refractivity contribution in [3.63, 3.8) is 0 Å². The molecule has 3 heterocycles. The third-order valence-corrected chi connectivity index (χ3v) is 6.43. The molecule has 1 aromatic carbocycles. The van der Waals surface area contributed by atoms with E-state index in [2.05, 4.69) is 15.7 Å². The summed E-state index contributed by atoms with van der Waals surface area (Å²) in [5.41, 5.74) is 2.47. The molecular formula is C19H22N4O5S. The van der Waals surface area contributed by atoms with E-state index in [0.29, 0.717) is 23.6 Å². The van der Waals surface area contributed by atoms with Gasteiger partial charge in [0.25, 0.3) is 0 Å². The molecule has 0 unspecified atom stereocenters. The zero-order valence-electron chi connectivity index (χ0n) is 16.0. The van der Waals surface area contributed by atoms with Crippen LogP contribution in [0.15, 0.2) is 24.3 Å². The van der Waals surface area contributed by atoms with E-state index in [-0.39, 0.29) is 30.0 Å². The van der Waals surface area contributed by atoms with Crippen molar-refractivity contribution in [1.29, 1.82) is 0 Å². The highest BCUT2D eigenvalue weighted by Crippen LogP contribution is 2.33. The molecule has 0 bridgehead atoms. The highest BCUT2D eigenvalue weighted by molar-refractivity contribution is 7.90. The number of nitrogens with zero attached hydrogens (tertiary/aromatic N) is 2. The molecule has 154 valence electrons. The Hall–Kier alpha value is -2.72. The average Bonchev–Trinajstić information content (AvgIpc) is 3.35. The predicted molar refractivity (Wildman–Crippen MR) is 105 cm³/mol. The highest BCUT2D eigenvalue weighted by atomic mass is 32.2. The van der Waals surface area contributed by atoms with E-state index < -0.39 is 21.7 Å². The highest BCUT2D eigenvalue weighted by Gasteiger charge is 2.34. The molecule has 29 heavy (non-hydrogen) atoms. The van der Waals surface area contributed by atoms with Crippen molar-refractivity contribution in [3.05, 3.63) is 41.1 Å². The first-order chi connectivity index (χ1) is 13.8. The second-order valence-electron chi connectivity index (χ2n) is 7.36. The first-order valence-corrected chi connectivity index (χ1v) is 11.2. The molecule has 2 amide bonds. The molecule has 9 nitrogen and oxygen atoms in total. The molecule has 0 radical (unpaired) electrons. The van der Waals surface area contributed by atoms with Crippen molar-refractivity contribution in [1.82, 2.24) is 15.1 Å². The maximum atomic E-state index is 12.5. The van der Waals surface area contributed by atoms with E-state index in [0.717, 1.165) is 18.4 Å². The molecular weight excluding hydrogens is 396 g/mol. The summed E-state index contributed by atoms with van der Waals surface area (Å²) in [5.74, 6) is -1.86. The van der Waals surface area contributed by atoms with E-state index in [1.807, 2.05) is 25.1 Å². The third-order valence-electron chi connectivity index (χ3n) is 4.99. The van der Waals surface area contributed by atoms with Crippen LogP contribution in [0.4, 0.5) is 5.82 Å². The van der Waals surface area contributed by atoms with Crippen molar-refractivity contribution in [3.8, 4) is 5.69 Å². The van der Waals surface area contributed by atoms with Crippen LogP contribution in [0, 0.1) is 6.92 Å². The van der Waals surface area contributed by atoms with E-state index >= 15 is 0 Å². The predicted octanol–water partition coefficient (Wildman–Crippen LogP) is 0.843. The number of aryl methyl sites for hydroxylation is 1. The monoisotopic (exact) mass is 418 g/mol. The van der Waals surface area contributed by atoms with Crippen LogP contribution in [-0.2, 0) is 35.7 Å². The van der Waals surface area contributed by atoms with Crippen molar-refractivity contribution >= 4 is 27.5 Å². The SMILES string of the molecule is Cc1cccc(-n2nc3c(c2NC(=O)C(=O)NC[C@H]2CCCO2)CS(=O)(=O)C3)c1. The fourth-order valence-electron chi connectivity index (χ4n) is 3.57. The fraction of sp³-hybridized carbons (Fsp3) is 0.421.